The van der Waals surface area contributed by atoms with Crippen LogP contribution in [0.2, 0.25) is 0 Å². The van der Waals surface area contributed by atoms with Gasteiger partial charge in [0.05, 0.1) is 13.2 Å². The van der Waals surface area contributed by atoms with Gasteiger partial charge in [0.2, 0.25) is 0 Å². The Morgan fingerprint density at radius 1 is 1.27 bits per heavy atom. The van der Waals surface area contributed by atoms with Gasteiger partial charge in [-0.25, -0.2) is 4.79 Å². The third-order valence-corrected chi connectivity index (χ3v) is 4.94. The number of aliphatic hydroxyl groups is 1. The lowest BCUT2D eigenvalue weighted by molar-refractivity contribution is 0.176. The normalized spacial score (nSPS) is 20.5. The van der Waals surface area contributed by atoms with Gasteiger partial charge >= 0.3 is 6.03 Å². The van der Waals surface area contributed by atoms with Crippen molar-refractivity contribution in [3.8, 4) is 0 Å². The molecule has 1 aromatic heterocycles. The van der Waals surface area contributed by atoms with E-state index in [1.807, 2.05) is 15.6 Å². The maximum Gasteiger partial charge on any atom is 0.317 e. The van der Waals surface area contributed by atoms with E-state index in [1.165, 1.54) is 18.5 Å². The summed E-state index contributed by atoms with van der Waals surface area (Å²) in [5, 5.41) is 16.5. The molecule has 6 nitrogen and oxygen atoms in total. The van der Waals surface area contributed by atoms with E-state index in [1.54, 1.807) is 6.20 Å². The van der Waals surface area contributed by atoms with Crippen LogP contribution in [0.25, 0.3) is 0 Å². The Bertz CT molecular complexity index is 488. The molecule has 3 rings (SSSR count). The van der Waals surface area contributed by atoms with Gasteiger partial charge in [-0.1, -0.05) is 12.8 Å². The number of carbonyl (C=O) groups excluding carboxylic acids is 1. The molecule has 0 unspecified atom stereocenters. The van der Waals surface area contributed by atoms with E-state index in [0.29, 0.717) is 18.5 Å². The van der Waals surface area contributed by atoms with Crippen LogP contribution in [0.3, 0.4) is 0 Å². The Labute approximate surface area is 131 Å². The number of carbonyl (C=O) groups is 1. The molecule has 122 valence electrons. The van der Waals surface area contributed by atoms with Gasteiger partial charge in [0.15, 0.2) is 0 Å². The molecule has 0 spiro atoms. The second-order valence-electron chi connectivity index (χ2n) is 6.40. The average Bonchev–Trinajstić information content (AvgIpc) is 3.19. The smallest absolute Gasteiger partial charge is 0.317 e. The Balaban J connectivity index is 1.51. The quantitative estimate of drug-likeness (QED) is 0.889. The van der Waals surface area contributed by atoms with Crippen molar-refractivity contribution in [3.05, 3.63) is 18.0 Å². The van der Waals surface area contributed by atoms with E-state index in [9.17, 15) is 4.79 Å². The molecule has 0 radical (unpaired) electrons. The highest BCUT2D eigenvalue weighted by molar-refractivity contribution is 5.74. The van der Waals surface area contributed by atoms with Crippen molar-refractivity contribution in [2.75, 3.05) is 19.7 Å². The molecule has 1 aliphatic heterocycles. The van der Waals surface area contributed by atoms with Gasteiger partial charge in [0.1, 0.15) is 0 Å². The van der Waals surface area contributed by atoms with Crippen molar-refractivity contribution in [3.63, 3.8) is 0 Å². The highest BCUT2D eigenvalue weighted by Crippen LogP contribution is 2.28. The van der Waals surface area contributed by atoms with E-state index in [4.69, 9.17) is 5.11 Å². The zero-order valence-electron chi connectivity index (χ0n) is 13.1. The summed E-state index contributed by atoms with van der Waals surface area (Å²) in [6.07, 6.45) is 8.46. The van der Waals surface area contributed by atoms with Gasteiger partial charge in [0.25, 0.3) is 0 Å². The predicted molar refractivity (Wildman–Crippen MR) is 83.6 cm³/mol. The highest BCUT2D eigenvalue weighted by atomic mass is 16.3. The molecule has 1 aromatic rings. The lowest BCUT2D eigenvalue weighted by atomic mass is 9.93. The van der Waals surface area contributed by atoms with Crippen molar-refractivity contribution in [2.24, 2.45) is 0 Å². The van der Waals surface area contributed by atoms with Crippen LogP contribution in [-0.4, -0.2) is 51.6 Å². The van der Waals surface area contributed by atoms with E-state index >= 15 is 0 Å². The fourth-order valence-electron chi connectivity index (χ4n) is 3.69. The summed E-state index contributed by atoms with van der Waals surface area (Å²) in [5.74, 6) is 0.435. The van der Waals surface area contributed by atoms with Crippen molar-refractivity contribution in [1.82, 2.24) is 20.0 Å². The molecular weight excluding hydrogens is 280 g/mol. The lowest BCUT2D eigenvalue weighted by Crippen LogP contribution is -2.47. The molecule has 1 saturated carbocycles. The minimum Gasteiger partial charge on any atom is -0.394 e. The maximum absolute atomic E-state index is 12.3. The van der Waals surface area contributed by atoms with Gasteiger partial charge in [-0.2, -0.15) is 5.10 Å². The van der Waals surface area contributed by atoms with E-state index < -0.39 is 0 Å². The van der Waals surface area contributed by atoms with Crippen molar-refractivity contribution in [1.29, 1.82) is 0 Å². The summed E-state index contributed by atoms with van der Waals surface area (Å²) in [4.78, 5) is 14.2. The first-order valence-corrected chi connectivity index (χ1v) is 8.46. The van der Waals surface area contributed by atoms with Crippen LogP contribution in [0, 0.1) is 0 Å². The molecule has 0 aromatic carbocycles. The minimum atomic E-state index is 0.106. The maximum atomic E-state index is 12.3. The molecular formula is C16H26N4O2. The summed E-state index contributed by atoms with van der Waals surface area (Å²) >= 11 is 0. The summed E-state index contributed by atoms with van der Waals surface area (Å²) in [6, 6.07) is 2.53. The Hall–Kier alpha value is -1.56. The molecule has 2 aliphatic rings. The fourth-order valence-corrected chi connectivity index (χ4v) is 3.69. The number of likely N-dealkylation sites (tertiary alicyclic amines) is 1. The summed E-state index contributed by atoms with van der Waals surface area (Å²) in [6.45, 7) is 2.25. The average molecular weight is 306 g/mol. The summed E-state index contributed by atoms with van der Waals surface area (Å²) in [7, 11) is 0. The molecule has 0 atom stereocenters. The molecule has 1 aliphatic carbocycles. The van der Waals surface area contributed by atoms with Crippen molar-refractivity contribution in [2.45, 2.75) is 57.0 Å². The van der Waals surface area contributed by atoms with Crippen LogP contribution in [0.5, 0.6) is 0 Å². The number of hydrogen-bond donors (Lipinski definition) is 2. The molecule has 1 saturated heterocycles. The monoisotopic (exact) mass is 306 g/mol. The number of nitrogens with zero attached hydrogens (tertiary/aromatic N) is 3. The summed E-state index contributed by atoms with van der Waals surface area (Å²) < 4.78 is 1.89. The van der Waals surface area contributed by atoms with E-state index in [-0.39, 0.29) is 12.6 Å². The van der Waals surface area contributed by atoms with Gasteiger partial charge in [-0.3, -0.25) is 4.68 Å². The SMILES string of the molecule is O=C(NC1CCCC1)N1CCC(c2ccnn2CCO)CC1. The number of aliphatic hydroxyl groups excluding tert-OH is 1. The second kappa shape index (κ2) is 7.13. The number of urea groups is 1. The minimum absolute atomic E-state index is 0.106. The predicted octanol–water partition coefficient (Wildman–Crippen LogP) is 1.71. The fraction of sp³-hybridized carbons (Fsp3) is 0.750. The van der Waals surface area contributed by atoms with Crippen LogP contribution >= 0.6 is 0 Å². The largest absolute Gasteiger partial charge is 0.394 e. The van der Waals surface area contributed by atoms with E-state index in [0.717, 1.165) is 38.8 Å². The van der Waals surface area contributed by atoms with Crippen LogP contribution in [0.15, 0.2) is 12.3 Å². The molecule has 2 N–H and O–H groups in total. The first kappa shape index (κ1) is 15.3. The lowest BCUT2D eigenvalue weighted by Gasteiger charge is -2.33. The molecule has 6 heteroatoms. The number of aromatic nitrogens is 2. The Morgan fingerprint density at radius 2 is 2.00 bits per heavy atom. The third kappa shape index (κ3) is 3.43. The van der Waals surface area contributed by atoms with Crippen LogP contribution in [0.1, 0.15) is 50.1 Å². The standard InChI is InChI=1S/C16H26N4O2/c21-12-11-20-15(5-8-17-20)13-6-9-19(10-7-13)16(22)18-14-3-1-2-4-14/h5,8,13-14,21H,1-4,6-7,9-12H2,(H,18,22). The number of nitrogens with one attached hydrogen (secondary N) is 1. The number of amides is 2. The van der Waals surface area contributed by atoms with Gasteiger partial charge < -0.3 is 15.3 Å². The molecule has 2 heterocycles. The second-order valence-corrected chi connectivity index (χ2v) is 6.40. The van der Waals surface area contributed by atoms with Gasteiger partial charge in [-0.05, 0) is 31.7 Å². The molecule has 22 heavy (non-hydrogen) atoms. The number of piperidine rings is 1. The molecule has 2 amide bonds. The Kier molecular flexibility index (Phi) is 4.97. The van der Waals surface area contributed by atoms with Crippen molar-refractivity contribution >= 4 is 6.03 Å². The third-order valence-electron chi connectivity index (χ3n) is 4.94. The zero-order valence-corrected chi connectivity index (χ0v) is 13.1. The van der Waals surface area contributed by atoms with Crippen LogP contribution < -0.4 is 5.32 Å². The van der Waals surface area contributed by atoms with Gasteiger partial charge in [-0.15, -0.1) is 0 Å². The highest BCUT2D eigenvalue weighted by Gasteiger charge is 2.27. The van der Waals surface area contributed by atoms with Gasteiger partial charge in [0, 0.05) is 36.9 Å². The topological polar surface area (TPSA) is 70.4 Å². The zero-order chi connectivity index (χ0) is 15.4. The first-order valence-electron chi connectivity index (χ1n) is 8.46. The molecule has 0 bridgehead atoms. The van der Waals surface area contributed by atoms with Crippen molar-refractivity contribution < 1.29 is 9.90 Å². The van der Waals surface area contributed by atoms with Crippen LogP contribution in [-0.2, 0) is 6.54 Å². The number of hydrogen-bond acceptors (Lipinski definition) is 3. The summed E-state index contributed by atoms with van der Waals surface area (Å²) in [5.41, 5.74) is 1.19. The number of rotatable bonds is 4. The van der Waals surface area contributed by atoms with E-state index in [2.05, 4.69) is 10.4 Å². The first-order chi connectivity index (χ1) is 10.8. The molecule has 2 fully saturated rings. The van der Waals surface area contributed by atoms with Crippen LogP contribution in [0.4, 0.5) is 4.79 Å². The Morgan fingerprint density at radius 3 is 2.68 bits per heavy atom.